The van der Waals surface area contributed by atoms with Gasteiger partial charge in [0.25, 0.3) is 0 Å². The summed E-state index contributed by atoms with van der Waals surface area (Å²) in [4.78, 5) is 12.9. The lowest BCUT2D eigenvalue weighted by molar-refractivity contribution is 0.573. The van der Waals surface area contributed by atoms with Crippen LogP contribution < -0.4 is 5.32 Å². The summed E-state index contributed by atoms with van der Waals surface area (Å²) in [6.07, 6.45) is 6.24. The van der Waals surface area contributed by atoms with Crippen molar-refractivity contribution >= 4 is 5.95 Å². The van der Waals surface area contributed by atoms with Crippen LogP contribution in [0.4, 0.5) is 5.95 Å². The predicted octanol–water partition coefficient (Wildman–Crippen LogP) is 3.31. The highest BCUT2D eigenvalue weighted by molar-refractivity contribution is 5.52. The third-order valence-corrected chi connectivity index (χ3v) is 3.11. The first kappa shape index (κ1) is 13.3. The Hall–Kier alpha value is -2.69. The van der Waals surface area contributed by atoms with E-state index in [1.165, 1.54) is 0 Å². The lowest BCUT2D eigenvalue weighted by Crippen LogP contribution is -2.04. The molecule has 0 aliphatic heterocycles. The van der Waals surface area contributed by atoms with Crippen molar-refractivity contribution in [1.29, 1.82) is 0 Å². The van der Waals surface area contributed by atoms with Crippen molar-refractivity contribution in [3.8, 4) is 11.5 Å². The fourth-order valence-electron chi connectivity index (χ4n) is 1.90. The molecule has 2 aromatic heterocycles. The zero-order valence-electron chi connectivity index (χ0n) is 11.8. The second kappa shape index (κ2) is 6.17. The van der Waals surface area contributed by atoms with E-state index in [0.29, 0.717) is 18.4 Å². The van der Waals surface area contributed by atoms with E-state index in [9.17, 15) is 0 Å². The molecule has 0 bridgehead atoms. The Morgan fingerprint density at radius 2 is 1.86 bits per heavy atom. The van der Waals surface area contributed by atoms with Gasteiger partial charge in [0, 0.05) is 18.0 Å². The second-order valence-electron chi connectivity index (χ2n) is 4.63. The Bertz CT molecular complexity index is 692. The molecule has 1 aromatic carbocycles. The van der Waals surface area contributed by atoms with Crippen molar-refractivity contribution < 1.29 is 4.42 Å². The molecule has 106 valence electrons. The first-order valence-electron chi connectivity index (χ1n) is 6.90. The summed E-state index contributed by atoms with van der Waals surface area (Å²) in [6.45, 7) is 2.61. The highest BCUT2D eigenvalue weighted by Crippen LogP contribution is 2.18. The molecule has 5 heteroatoms. The number of benzene rings is 1. The molecule has 0 fully saturated rings. The zero-order chi connectivity index (χ0) is 14.5. The van der Waals surface area contributed by atoms with Crippen LogP contribution in [-0.4, -0.2) is 15.0 Å². The monoisotopic (exact) mass is 280 g/mol. The van der Waals surface area contributed by atoms with Crippen LogP contribution in [0.25, 0.3) is 11.5 Å². The van der Waals surface area contributed by atoms with Gasteiger partial charge in [0.15, 0.2) is 0 Å². The van der Waals surface area contributed by atoms with Crippen molar-refractivity contribution in [2.75, 3.05) is 5.32 Å². The first-order chi connectivity index (χ1) is 10.3. The average Bonchev–Trinajstić information content (AvgIpc) is 3.03. The van der Waals surface area contributed by atoms with Crippen molar-refractivity contribution in [3.05, 3.63) is 60.2 Å². The topological polar surface area (TPSA) is 63.8 Å². The predicted molar refractivity (Wildman–Crippen MR) is 80.7 cm³/mol. The van der Waals surface area contributed by atoms with E-state index in [0.717, 1.165) is 23.2 Å². The number of rotatable bonds is 5. The number of hydrogen-bond donors (Lipinski definition) is 1. The van der Waals surface area contributed by atoms with Gasteiger partial charge in [-0.3, -0.25) is 0 Å². The van der Waals surface area contributed by atoms with Gasteiger partial charge in [-0.15, -0.1) is 0 Å². The van der Waals surface area contributed by atoms with E-state index < -0.39 is 0 Å². The molecule has 0 radical (unpaired) electrons. The van der Waals surface area contributed by atoms with Gasteiger partial charge in [0.1, 0.15) is 6.26 Å². The molecule has 1 N–H and O–H groups in total. The third kappa shape index (κ3) is 3.25. The number of nitrogens with one attached hydrogen (secondary N) is 1. The van der Waals surface area contributed by atoms with Gasteiger partial charge < -0.3 is 9.73 Å². The lowest BCUT2D eigenvalue weighted by Gasteiger charge is -2.02. The van der Waals surface area contributed by atoms with Crippen molar-refractivity contribution in [2.45, 2.75) is 19.9 Å². The summed E-state index contributed by atoms with van der Waals surface area (Å²) in [7, 11) is 0. The minimum Gasteiger partial charge on any atom is -0.444 e. The first-order valence-corrected chi connectivity index (χ1v) is 6.90. The smallest absolute Gasteiger partial charge is 0.226 e. The molecule has 21 heavy (non-hydrogen) atoms. The number of nitrogens with zero attached hydrogens (tertiary/aromatic N) is 3. The number of aryl methyl sites for hydroxylation is 1. The van der Waals surface area contributed by atoms with Crippen LogP contribution in [0, 0.1) is 0 Å². The molecule has 0 saturated carbocycles. The largest absolute Gasteiger partial charge is 0.444 e. The molecule has 0 unspecified atom stereocenters. The van der Waals surface area contributed by atoms with Crippen LogP contribution in [0.5, 0.6) is 0 Å². The van der Waals surface area contributed by atoms with Crippen LogP contribution in [0.3, 0.4) is 0 Å². The van der Waals surface area contributed by atoms with E-state index in [4.69, 9.17) is 4.42 Å². The van der Waals surface area contributed by atoms with Gasteiger partial charge >= 0.3 is 0 Å². The maximum absolute atomic E-state index is 5.48. The van der Waals surface area contributed by atoms with E-state index in [2.05, 4.69) is 27.2 Å². The number of aromatic nitrogens is 3. The Balaban J connectivity index is 1.64. The minimum atomic E-state index is 0.530. The summed E-state index contributed by atoms with van der Waals surface area (Å²) in [6, 6.07) is 9.82. The van der Waals surface area contributed by atoms with Gasteiger partial charge in [-0.25, -0.2) is 15.0 Å². The molecular weight excluding hydrogens is 264 g/mol. The molecule has 0 atom stereocenters. The maximum atomic E-state index is 5.48. The van der Waals surface area contributed by atoms with Crippen molar-refractivity contribution in [1.82, 2.24) is 15.0 Å². The van der Waals surface area contributed by atoms with Crippen LogP contribution in [0.1, 0.15) is 18.2 Å². The molecule has 0 aliphatic rings. The summed E-state index contributed by atoms with van der Waals surface area (Å²) >= 11 is 0. The fraction of sp³-hybridized carbons (Fsp3) is 0.188. The van der Waals surface area contributed by atoms with E-state index in [1.54, 1.807) is 6.26 Å². The standard InChI is InChI=1S/C16H16N4O/c1-2-12-8-17-16(18-9-12)19-10-14-11-21-15(20-14)13-6-4-3-5-7-13/h3-9,11H,2,10H2,1H3,(H,17,18,19). The SMILES string of the molecule is CCc1cnc(NCc2coc(-c3ccccc3)n2)nc1. The highest BCUT2D eigenvalue weighted by Gasteiger charge is 2.06. The minimum absolute atomic E-state index is 0.530. The zero-order valence-corrected chi connectivity index (χ0v) is 11.8. The average molecular weight is 280 g/mol. The normalized spacial score (nSPS) is 10.5. The van der Waals surface area contributed by atoms with Gasteiger partial charge in [0.2, 0.25) is 11.8 Å². The third-order valence-electron chi connectivity index (χ3n) is 3.11. The number of anilines is 1. The fourth-order valence-corrected chi connectivity index (χ4v) is 1.90. The van der Waals surface area contributed by atoms with E-state index >= 15 is 0 Å². The highest BCUT2D eigenvalue weighted by atomic mass is 16.3. The maximum Gasteiger partial charge on any atom is 0.226 e. The second-order valence-corrected chi connectivity index (χ2v) is 4.63. The van der Waals surface area contributed by atoms with Crippen molar-refractivity contribution in [3.63, 3.8) is 0 Å². The molecule has 2 heterocycles. The van der Waals surface area contributed by atoms with Crippen molar-refractivity contribution in [2.24, 2.45) is 0 Å². The van der Waals surface area contributed by atoms with E-state index in [-0.39, 0.29) is 0 Å². The Morgan fingerprint density at radius 1 is 1.10 bits per heavy atom. The van der Waals surface area contributed by atoms with Crippen LogP contribution in [0.2, 0.25) is 0 Å². The Morgan fingerprint density at radius 3 is 2.57 bits per heavy atom. The Kier molecular flexibility index (Phi) is 3.91. The summed E-state index contributed by atoms with van der Waals surface area (Å²) in [5, 5.41) is 3.13. The molecule has 5 nitrogen and oxygen atoms in total. The van der Waals surface area contributed by atoms with Crippen LogP contribution in [-0.2, 0) is 13.0 Å². The van der Waals surface area contributed by atoms with Gasteiger partial charge in [-0.1, -0.05) is 25.1 Å². The van der Waals surface area contributed by atoms with Crippen LogP contribution in [0.15, 0.2) is 53.4 Å². The molecule has 0 spiro atoms. The van der Waals surface area contributed by atoms with Gasteiger partial charge in [-0.05, 0) is 24.1 Å². The molecule has 0 amide bonds. The Labute approximate surface area is 123 Å². The molecule has 0 saturated heterocycles. The molecule has 3 aromatic rings. The molecular formula is C16H16N4O. The van der Waals surface area contributed by atoms with Gasteiger partial charge in [-0.2, -0.15) is 0 Å². The number of oxazole rings is 1. The quantitative estimate of drug-likeness (QED) is 0.776. The molecule has 3 rings (SSSR count). The lowest BCUT2D eigenvalue weighted by atomic mass is 10.2. The summed E-state index contributed by atoms with van der Waals surface area (Å²) in [5.74, 6) is 1.21. The summed E-state index contributed by atoms with van der Waals surface area (Å²) in [5.41, 5.74) is 2.90. The van der Waals surface area contributed by atoms with E-state index in [1.807, 2.05) is 42.7 Å². The molecule has 0 aliphatic carbocycles. The summed E-state index contributed by atoms with van der Waals surface area (Å²) < 4.78 is 5.48. The number of hydrogen-bond acceptors (Lipinski definition) is 5. The van der Waals surface area contributed by atoms with Crippen LogP contribution >= 0.6 is 0 Å². The van der Waals surface area contributed by atoms with Gasteiger partial charge in [0.05, 0.1) is 12.2 Å².